The second-order valence-corrected chi connectivity index (χ2v) is 5.16. The molecule has 0 saturated heterocycles. The Balaban J connectivity index is 2.51. The molecule has 2 saturated carbocycles. The van der Waals surface area contributed by atoms with Gasteiger partial charge in [0.25, 0.3) is 0 Å². The van der Waals surface area contributed by atoms with Gasteiger partial charge in [-0.05, 0) is 18.3 Å². The van der Waals surface area contributed by atoms with E-state index in [0.29, 0.717) is 5.71 Å². The molecule has 0 spiro atoms. The molecule has 2 aliphatic rings. The number of aliphatic hydroxyl groups excluding tert-OH is 1. The molecular weight excluding hydrogens is 166 g/mol. The van der Waals surface area contributed by atoms with Crippen molar-refractivity contribution in [3.05, 3.63) is 0 Å². The molecule has 3 heteroatoms. The molecule has 2 bridgehead atoms. The van der Waals surface area contributed by atoms with Crippen molar-refractivity contribution in [1.29, 1.82) is 0 Å². The summed E-state index contributed by atoms with van der Waals surface area (Å²) in [4.78, 5) is 0. The van der Waals surface area contributed by atoms with E-state index in [0.717, 1.165) is 12.8 Å². The second-order valence-electron chi connectivity index (χ2n) is 5.16. The number of rotatable bonds is 0. The maximum atomic E-state index is 9.98. The van der Waals surface area contributed by atoms with E-state index in [2.05, 4.69) is 25.9 Å². The molecule has 0 aromatic rings. The molecule has 0 amide bonds. The average Bonchev–Trinajstić information content (AvgIpc) is 2.36. The van der Waals surface area contributed by atoms with Crippen molar-refractivity contribution in [1.82, 2.24) is 0 Å². The lowest BCUT2D eigenvalue weighted by atomic mass is 9.70. The highest BCUT2D eigenvalue weighted by Crippen LogP contribution is 2.64. The summed E-state index contributed by atoms with van der Waals surface area (Å²) in [5, 5.41) is 22.1. The van der Waals surface area contributed by atoms with Crippen LogP contribution in [0, 0.1) is 16.7 Å². The minimum absolute atomic E-state index is 0.0635. The minimum atomic E-state index is -0.550. The lowest BCUT2D eigenvalue weighted by Crippen LogP contribution is -2.37. The third kappa shape index (κ3) is 0.766. The number of hydrogen-bond donors (Lipinski definition) is 2. The van der Waals surface area contributed by atoms with Gasteiger partial charge in [-0.25, -0.2) is 0 Å². The SMILES string of the molecule is CC1(C)[C@@H]2CC[C@@]1(C)[C@H](O)C2=NO. The van der Waals surface area contributed by atoms with E-state index in [9.17, 15) is 5.11 Å². The van der Waals surface area contributed by atoms with Gasteiger partial charge in [-0.1, -0.05) is 25.9 Å². The van der Waals surface area contributed by atoms with Gasteiger partial charge >= 0.3 is 0 Å². The minimum Gasteiger partial charge on any atom is -0.411 e. The summed E-state index contributed by atoms with van der Waals surface area (Å²) in [6.45, 7) is 6.41. The molecule has 74 valence electrons. The molecule has 2 N–H and O–H groups in total. The van der Waals surface area contributed by atoms with Gasteiger partial charge in [0, 0.05) is 11.3 Å². The summed E-state index contributed by atoms with van der Waals surface area (Å²) in [6.07, 6.45) is 1.52. The Labute approximate surface area is 78.4 Å². The molecule has 0 aromatic carbocycles. The monoisotopic (exact) mass is 183 g/mol. The highest BCUT2D eigenvalue weighted by Gasteiger charge is 2.64. The molecule has 2 aliphatic carbocycles. The van der Waals surface area contributed by atoms with Crippen LogP contribution in [0.15, 0.2) is 5.16 Å². The molecule has 0 heterocycles. The first-order chi connectivity index (χ1) is 5.95. The first-order valence-corrected chi connectivity index (χ1v) is 4.85. The van der Waals surface area contributed by atoms with Crippen molar-refractivity contribution in [3.63, 3.8) is 0 Å². The summed E-state index contributed by atoms with van der Waals surface area (Å²) in [5.41, 5.74) is 0.562. The van der Waals surface area contributed by atoms with Crippen LogP contribution in [-0.2, 0) is 0 Å². The topological polar surface area (TPSA) is 52.8 Å². The van der Waals surface area contributed by atoms with Crippen molar-refractivity contribution in [2.75, 3.05) is 0 Å². The lowest BCUT2D eigenvalue weighted by molar-refractivity contribution is 0.0332. The Morgan fingerprint density at radius 1 is 1.38 bits per heavy atom. The molecule has 3 nitrogen and oxygen atoms in total. The van der Waals surface area contributed by atoms with E-state index in [1.807, 2.05) is 0 Å². The largest absolute Gasteiger partial charge is 0.411 e. The molecule has 0 aliphatic heterocycles. The Kier molecular flexibility index (Phi) is 1.57. The standard InChI is InChI=1S/C10H17NO2/c1-9(2)6-4-5-10(9,3)8(12)7(6)11-13/h6,8,12-13H,4-5H2,1-3H3/t6-,8-,10+/m1/s1. The van der Waals surface area contributed by atoms with E-state index in [-0.39, 0.29) is 16.7 Å². The fourth-order valence-electron chi connectivity index (χ4n) is 3.17. The molecule has 0 aromatic heterocycles. The van der Waals surface area contributed by atoms with Crippen LogP contribution in [0.3, 0.4) is 0 Å². The highest BCUT2D eigenvalue weighted by atomic mass is 16.4. The van der Waals surface area contributed by atoms with Gasteiger partial charge in [0.15, 0.2) is 0 Å². The summed E-state index contributed by atoms with van der Waals surface area (Å²) >= 11 is 0. The van der Waals surface area contributed by atoms with Gasteiger partial charge < -0.3 is 10.3 Å². The van der Waals surface area contributed by atoms with Crippen LogP contribution in [0.2, 0.25) is 0 Å². The smallest absolute Gasteiger partial charge is 0.102 e. The van der Waals surface area contributed by atoms with E-state index >= 15 is 0 Å². The van der Waals surface area contributed by atoms with Gasteiger partial charge in [-0.3, -0.25) is 0 Å². The van der Waals surface area contributed by atoms with Crippen LogP contribution < -0.4 is 0 Å². The molecule has 0 radical (unpaired) electrons. The zero-order valence-electron chi connectivity index (χ0n) is 8.41. The molecule has 13 heavy (non-hydrogen) atoms. The van der Waals surface area contributed by atoms with E-state index in [1.165, 1.54) is 0 Å². The van der Waals surface area contributed by atoms with Gasteiger partial charge in [0.2, 0.25) is 0 Å². The van der Waals surface area contributed by atoms with Crippen molar-refractivity contribution >= 4 is 5.71 Å². The molecule has 2 rings (SSSR count). The Morgan fingerprint density at radius 3 is 2.31 bits per heavy atom. The van der Waals surface area contributed by atoms with Crippen molar-refractivity contribution in [2.45, 2.75) is 39.7 Å². The first-order valence-electron chi connectivity index (χ1n) is 4.85. The predicted octanol–water partition coefficient (Wildman–Crippen LogP) is 1.63. The van der Waals surface area contributed by atoms with Gasteiger partial charge in [-0.15, -0.1) is 0 Å². The Morgan fingerprint density at radius 2 is 2.00 bits per heavy atom. The van der Waals surface area contributed by atoms with Crippen LogP contribution in [0.5, 0.6) is 0 Å². The Hall–Kier alpha value is -0.570. The summed E-state index contributed by atoms with van der Waals surface area (Å²) < 4.78 is 0. The van der Waals surface area contributed by atoms with Crippen LogP contribution in [0.4, 0.5) is 0 Å². The third-order valence-corrected chi connectivity index (χ3v) is 4.65. The molecule has 2 fully saturated rings. The van der Waals surface area contributed by atoms with E-state index in [1.54, 1.807) is 0 Å². The zero-order chi connectivity index (χ0) is 9.85. The number of nitrogens with zero attached hydrogens (tertiary/aromatic N) is 1. The van der Waals surface area contributed by atoms with Crippen LogP contribution in [-0.4, -0.2) is 22.1 Å². The third-order valence-electron chi connectivity index (χ3n) is 4.65. The molecule has 0 unspecified atom stereocenters. The normalized spacial score (nSPS) is 50.3. The number of aliphatic hydroxyl groups is 1. The fourth-order valence-corrected chi connectivity index (χ4v) is 3.17. The maximum Gasteiger partial charge on any atom is 0.102 e. The Bertz CT molecular complexity index is 272. The number of fused-ring (bicyclic) bond motifs is 2. The van der Waals surface area contributed by atoms with Crippen molar-refractivity contribution < 1.29 is 10.3 Å². The lowest BCUT2D eigenvalue weighted by Gasteiger charge is -2.35. The first kappa shape index (κ1) is 9.00. The highest BCUT2D eigenvalue weighted by molar-refractivity contribution is 5.95. The number of oxime groups is 1. The second kappa shape index (κ2) is 2.27. The average molecular weight is 183 g/mol. The van der Waals surface area contributed by atoms with Crippen molar-refractivity contribution in [2.24, 2.45) is 21.9 Å². The molecular formula is C10H17NO2. The molecule has 3 atom stereocenters. The van der Waals surface area contributed by atoms with Crippen molar-refractivity contribution in [3.8, 4) is 0 Å². The van der Waals surface area contributed by atoms with Crippen LogP contribution in [0.25, 0.3) is 0 Å². The summed E-state index contributed by atoms with van der Waals surface area (Å²) in [7, 11) is 0. The van der Waals surface area contributed by atoms with Gasteiger partial charge in [0.1, 0.15) is 6.10 Å². The predicted molar refractivity (Wildman–Crippen MR) is 49.8 cm³/mol. The fraction of sp³-hybridized carbons (Fsp3) is 0.900. The van der Waals surface area contributed by atoms with E-state index in [4.69, 9.17) is 5.21 Å². The van der Waals surface area contributed by atoms with Crippen LogP contribution >= 0.6 is 0 Å². The quantitative estimate of drug-likeness (QED) is 0.443. The zero-order valence-corrected chi connectivity index (χ0v) is 8.41. The van der Waals surface area contributed by atoms with E-state index < -0.39 is 6.10 Å². The summed E-state index contributed by atoms with van der Waals surface area (Å²) in [6, 6.07) is 0. The van der Waals surface area contributed by atoms with Crippen LogP contribution in [0.1, 0.15) is 33.6 Å². The summed E-state index contributed by atoms with van der Waals surface area (Å²) in [5.74, 6) is 0.262. The maximum absolute atomic E-state index is 9.98. The van der Waals surface area contributed by atoms with Gasteiger partial charge in [0.05, 0.1) is 5.71 Å². The number of hydrogen-bond acceptors (Lipinski definition) is 3. The van der Waals surface area contributed by atoms with Gasteiger partial charge in [-0.2, -0.15) is 0 Å².